The number of fused-ring (bicyclic) bond motifs is 1. The van der Waals surface area contributed by atoms with E-state index in [1.165, 1.54) is 0 Å². The van der Waals surface area contributed by atoms with Gasteiger partial charge in [0.05, 0.1) is 11.0 Å². The molecule has 3 aromatic rings. The minimum absolute atomic E-state index is 0.612. The van der Waals surface area contributed by atoms with E-state index in [1.54, 1.807) is 12.4 Å². The first-order chi connectivity index (χ1) is 9.76. The molecule has 20 heavy (non-hydrogen) atoms. The van der Waals surface area contributed by atoms with Crippen molar-refractivity contribution >= 4 is 23.3 Å². The van der Waals surface area contributed by atoms with Crippen LogP contribution in [-0.2, 0) is 6.42 Å². The molecule has 1 aromatic carbocycles. The number of H-pyrrole nitrogens is 1. The summed E-state index contributed by atoms with van der Waals surface area (Å²) in [5.74, 6) is 0.786. The number of nitrogens with zero attached hydrogens (tertiary/aromatic N) is 3. The molecule has 0 atom stereocenters. The molecule has 3 rings (SSSR count). The summed E-state index contributed by atoms with van der Waals surface area (Å²) in [4.78, 5) is 16.3. The van der Waals surface area contributed by atoms with E-state index in [1.807, 2.05) is 24.3 Å². The fourth-order valence-corrected chi connectivity index (χ4v) is 2.39. The van der Waals surface area contributed by atoms with Gasteiger partial charge in [-0.3, -0.25) is 9.97 Å². The van der Waals surface area contributed by atoms with Gasteiger partial charge in [0.25, 0.3) is 0 Å². The summed E-state index contributed by atoms with van der Waals surface area (Å²) >= 11 is 5.24. The molecular weight excluding hydrogens is 268 g/mol. The van der Waals surface area contributed by atoms with E-state index in [2.05, 4.69) is 26.9 Å². The molecule has 0 saturated carbocycles. The molecule has 0 bridgehead atoms. The van der Waals surface area contributed by atoms with E-state index in [-0.39, 0.29) is 0 Å². The van der Waals surface area contributed by atoms with Crippen LogP contribution in [0.1, 0.15) is 19.0 Å². The van der Waals surface area contributed by atoms with Crippen LogP contribution in [-0.4, -0.2) is 19.9 Å². The second kappa shape index (κ2) is 5.46. The number of aryl methyl sites for hydroxylation is 1. The molecular formula is C15H14N4S. The second-order valence-electron chi connectivity index (χ2n) is 4.60. The van der Waals surface area contributed by atoms with Crippen LogP contribution in [0.3, 0.4) is 0 Å². The van der Waals surface area contributed by atoms with E-state index in [0.717, 1.165) is 41.0 Å². The summed E-state index contributed by atoms with van der Waals surface area (Å²) in [6.07, 6.45) is 5.41. The van der Waals surface area contributed by atoms with E-state index in [4.69, 9.17) is 12.2 Å². The molecule has 0 fully saturated rings. The number of aromatic nitrogens is 4. The predicted molar refractivity (Wildman–Crippen MR) is 81.9 cm³/mol. The molecule has 1 N–H and O–H groups in total. The van der Waals surface area contributed by atoms with Crippen LogP contribution in [0.25, 0.3) is 22.4 Å². The third-order valence-electron chi connectivity index (χ3n) is 3.06. The number of nitrogens with one attached hydrogen (secondary N) is 1. The Labute approximate surface area is 122 Å². The Bertz CT molecular complexity index is 810. The minimum Gasteiger partial charge on any atom is -0.343 e. The maximum atomic E-state index is 5.24. The van der Waals surface area contributed by atoms with E-state index < -0.39 is 0 Å². The molecule has 0 amide bonds. The van der Waals surface area contributed by atoms with Gasteiger partial charge >= 0.3 is 0 Å². The monoisotopic (exact) mass is 282 g/mol. The zero-order valence-electron chi connectivity index (χ0n) is 11.1. The summed E-state index contributed by atoms with van der Waals surface area (Å²) in [5, 5.41) is 0. The first-order valence-electron chi connectivity index (χ1n) is 6.57. The predicted octanol–water partition coefficient (Wildman–Crippen LogP) is 3.70. The number of aromatic amines is 1. The van der Waals surface area contributed by atoms with Crippen LogP contribution < -0.4 is 0 Å². The van der Waals surface area contributed by atoms with Crippen molar-refractivity contribution in [1.29, 1.82) is 0 Å². The zero-order chi connectivity index (χ0) is 13.9. The molecule has 100 valence electrons. The first-order valence-corrected chi connectivity index (χ1v) is 6.98. The molecule has 0 unspecified atom stereocenters. The Morgan fingerprint density at radius 2 is 1.90 bits per heavy atom. The Morgan fingerprint density at radius 1 is 1.10 bits per heavy atom. The van der Waals surface area contributed by atoms with Crippen molar-refractivity contribution in [2.75, 3.05) is 0 Å². The van der Waals surface area contributed by atoms with E-state index in [9.17, 15) is 0 Å². The first kappa shape index (κ1) is 12.9. The lowest BCUT2D eigenvalue weighted by Gasteiger charge is -2.06. The fourth-order valence-electron chi connectivity index (χ4n) is 2.16. The Balaban J connectivity index is 2.12. The van der Waals surface area contributed by atoms with Gasteiger partial charge < -0.3 is 4.98 Å². The number of hydrogen-bond donors (Lipinski definition) is 1. The quantitative estimate of drug-likeness (QED) is 0.744. The molecule has 0 saturated heterocycles. The van der Waals surface area contributed by atoms with Crippen LogP contribution in [0, 0.1) is 4.64 Å². The highest BCUT2D eigenvalue weighted by atomic mass is 32.1. The zero-order valence-corrected chi connectivity index (χ0v) is 11.9. The standard InChI is InChI=1S/C15H14N4S/c1-2-3-11-9-14(20)19-15(18-11)10-4-5-12-13(8-10)17-7-6-16-12/h4-9H,2-3H2,1H3,(H,18,19,20). The third-order valence-corrected chi connectivity index (χ3v) is 3.27. The van der Waals surface area contributed by atoms with Gasteiger partial charge in [0, 0.05) is 23.7 Å². The summed E-state index contributed by atoms with van der Waals surface area (Å²) in [6.45, 7) is 2.14. The summed E-state index contributed by atoms with van der Waals surface area (Å²) in [5.41, 5.74) is 3.82. The molecule has 2 heterocycles. The minimum atomic E-state index is 0.612. The van der Waals surface area contributed by atoms with Crippen LogP contribution in [0.4, 0.5) is 0 Å². The molecule has 0 aliphatic rings. The van der Waals surface area contributed by atoms with Gasteiger partial charge in [0.2, 0.25) is 0 Å². The van der Waals surface area contributed by atoms with E-state index >= 15 is 0 Å². The normalized spacial score (nSPS) is 10.8. The van der Waals surface area contributed by atoms with Gasteiger partial charge in [0.1, 0.15) is 10.5 Å². The average Bonchev–Trinajstić information content (AvgIpc) is 2.46. The summed E-state index contributed by atoms with van der Waals surface area (Å²) in [7, 11) is 0. The highest BCUT2D eigenvalue weighted by Crippen LogP contribution is 2.19. The van der Waals surface area contributed by atoms with Crippen molar-refractivity contribution < 1.29 is 0 Å². The second-order valence-corrected chi connectivity index (χ2v) is 5.02. The number of rotatable bonds is 3. The van der Waals surface area contributed by atoms with Crippen LogP contribution in [0.15, 0.2) is 36.7 Å². The van der Waals surface area contributed by atoms with Crippen molar-refractivity contribution in [2.24, 2.45) is 0 Å². The van der Waals surface area contributed by atoms with Crippen molar-refractivity contribution in [1.82, 2.24) is 19.9 Å². The average molecular weight is 282 g/mol. The van der Waals surface area contributed by atoms with Gasteiger partial charge in [0.15, 0.2) is 0 Å². The highest BCUT2D eigenvalue weighted by molar-refractivity contribution is 7.71. The summed E-state index contributed by atoms with van der Waals surface area (Å²) < 4.78 is 0.612. The molecule has 0 aliphatic heterocycles. The highest BCUT2D eigenvalue weighted by Gasteiger charge is 2.04. The molecule has 2 aromatic heterocycles. The lowest BCUT2D eigenvalue weighted by molar-refractivity contribution is 0.873. The molecule has 5 heteroatoms. The smallest absolute Gasteiger partial charge is 0.139 e. The van der Waals surface area contributed by atoms with E-state index in [0.29, 0.717) is 4.64 Å². The Kier molecular flexibility index (Phi) is 3.52. The van der Waals surface area contributed by atoms with Crippen molar-refractivity contribution in [3.05, 3.63) is 47.0 Å². The maximum absolute atomic E-state index is 5.24. The lowest BCUT2D eigenvalue weighted by atomic mass is 10.1. The third kappa shape index (κ3) is 2.58. The van der Waals surface area contributed by atoms with Gasteiger partial charge in [-0.15, -0.1) is 0 Å². The molecule has 0 spiro atoms. The van der Waals surface area contributed by atoms with Crippen LogP contribution in [0.5, 0.6) is 0 Å². The lowest BCUT2D eigenvalue weighted by Crippen LogP contribution is -1.96. The van der Waals surface area contributed by atoms with Gasteiger partial charge in [-0.25, -0.2) is 4.98 Å². The number of hydrogen-bond acceptors (Lipinski definition) is 4. The largest absolute Gasteiger partial charge is 0.343 e. The van der Waals surface area contributed by atoms with Gasteiger partial charge in [-0.05, 0) is 30.7 Å². The van der Waals surface area contributed by atoms with Crippen molar-refractivity contribution in [3.8, 4) is 11.4 Å². The van der Waals surface area contributed by atoms with Crippen LogP contribution in [0.2, 0.25) is 0 Å². The fraction of sp³-hybridized carbons (Fsp3) is 0.200. The Hall–Kier alpha value is -2.14. The molecule has 0 aliphatic carbocycles. The van der Waals surface area contributed by atoms with Crippen molar-refractivity contribution in [3.63, 3.8) is 0 Å². The topological polar surface area (TPSA) is 54.5 Å². The SMILES string of the molecule is CCCc1cc(=S)nc(-c2ccc3nccnc3c2)[nH]1. The Morgan fingerprint density at radius 3 is 2.70 bits per heavy atom. The summed E-state index contributed by atoms with van der Waals surface area (Å²) in [6, 6.07) is 7.83. The number of benzene rings is 1. The molecule has 0 radical (unpaired) electrons. The maximum Gasteiger partial charge on any atom is 0.139 e. The van der Waals surface area contributed by atoms with Gasteiger partial charge in [-0.1, -0.05) is 25.6 Å². The van der Waals surface area contributed by atoms with Crippen molar-refractivity contribution in [2.45, 2.75) is 19.8 Å². The van der Waals surface area contributed by atoms with Gasteiger partial charge in [-0.2, -0.15) is 0 Å². The van der Waals surface area contributed by atoms with Crippen LogP contribution >= 0.6 is 12.2 Å². The molecule has 4 nitrogen and oxygen atoms in total.